The molecule has 0 atom stereocenters. The van der Waals surface area contributed by atoms with Gasteiger partial charge >= 0.3 is 18.0 Å². The van der Waals surface area contributed by atoms with Gasteiger partial charge in [0.1, 0.15) is 5.75 Å². The van der Waals surface area contributed by atoms with E-state index in [4.69, 9.17) is 4.74 Å². The molecule has 0 radical (unpaired) electrons. The van der Waals surface area contributed by atoms with Crippen LogP contribution < -0.4 is 20.9 Å². The zero-order valence-electron chi connectivity index (χ0n) is 14.3. The van der Waals surface area contributed by atoms with Crippen molar-refractivity contribution >= 4 is 11.6 Å². The third kappa shape index (κ3) is 4.47. The lowest BCUT2D eigenvalue weighted by Crippen LogP contribution is -2.76. The Bertz CT molecular complexity index is 777. The number of hydrogen-bond acceptors (Lipinski definition) is 4. The maximum absolute atomic E-state index is 13.5. The van der Waals surface area contributed by atoms with Gasteiger partial charge in [0.15, 0.2) is 0 Å². The van der Waals surface area contributed by atoms with E-state index in [0.29, 0.717) is 0 Å². The number of para-hydroxylation sites is 1. The summed E-state index contributed by atoms with van der Waals surface area (Å²) in [4.78, 5) is 12.1. The van der Waals surface area contributed by atoms with E-state index in [0.717, 1.165) is 17.4 Å². The fraction of sp³-hybridized carbons (Fsp3) is 0.235. The number of anilines is 1. The molecule has 0 aromatic heterocycles. The zero-order valence-corrected chi connectivity index (χ0v) is 14.3. The number of rotatable bonds is 6. The molecule has 0 heterocycles. The number of halogens is 6. The maximum Gasteiger partial charge on any atom is 0.436 e. The van der Waals surface area contributed by atoms with Crippen LogP contribution in [0.3, 0.4) is 0 Å². The quantitative estimate of drug-likeness (QED) is 0.387. The summed E-state index contributed by atoms with van der Waals surface area (Å²) in [5, 5.41) is 1.03. The molecule has 3 N–H and O–H groups in total. The number of hydrogen-bond donors (Lipinski definition) is 3. The average Bonchev–Trinajstić information content (AvgIpc) is 2.63. The standard InChI is InChI=1S/C17H15F6N3O2/c1-28-13-9-7-11(8-10-13)14(27)24-15(16(18,19)20,17(21,22)23)26-25-12-5-3-2-4-6-12/h2-10,25-26H,1H3,(H,24,27). The van der Waals surface area contributed by atoms with Gasteiger partial charge in [-0.1, -0.05) is 18.2 Å². The summed E-state index contributed by atoms with van der Waals surface area (Å²) < 4.78 is 85.9. The Labute approximate surface area is 155 Å². The van der Waals surface area contributed by atoms with E-state index < -0.39 is 29.5 Å². The second-order valence-corrected chi connectivity index (χ2v) is 5.54. The van der Waals surface area contributed by atoms with Gasteiger partial charge in [0.25, 0.3) is 5.91 Å². The van der Waals surface area contributed by atoms with Crippen molar-refractivity contribution in [3.63, 3.8) is 0 Å². The predicted octanol–water partition coefficient (Wildman–Crippen LogP) is 3.86. The van der Waals surface area contributed by atoms with Gasteiger partial charge in [-0.25, -0.2) is 0 Å². The van der Waals surface area contributed by atoms with Crippen molar-refractivity contribution in [3.05, 3.63) is 60.2 Å². The van der Waals surface area contributed by atoms with Crippen molar-refractivity contribution < 1.29 is 35.9 Å². The van der Waals surface area contributed by atoms with Gasteiger partial charge in [-0.15, -0.1) is 0 Å². The number of ether oxygens (including phenoxy) is 1. The summed E-state index contributed by atoms with van der Waals surface area (Å²) >= 11 is 0. The van der Waals surface area contributed by atoms with Crippen molar-refractivity contribution in [2.24, 2.45) is 0 Å². The first kappa shape index (κ1) is 21.4. The smallest absolute Gasteiger partial charge is 0.436 e. The molecule has 0 aliphatic carbocycles. The molecular weight excluding hydrogens is 392 g/mol. The summed E-state index contributed by atoms with van der Waals surface area (Å²) in [5.74, 6) is -1.31. The minimum absolute atomic E-state index is 0.0703. The Morgan fingerprint density at radius 2 is 1.39 bits per heavy atom. The molecule has 5 nitrogen and oxygen atoms in total. The summed E-state index contributed by atoms with van der Waals surface area (Å²) in [5.41, 5.74) is -2.18. The molecule has 1 amide bonds. The highest BCUT2D eigenvalue weighted by Gasteiger charge is 2.72. The van der Waals surface area contributed by atoms with E-state index in [2.05, 4.69) is 0 Å². The normalized spacial score (nSPS) is 12.4. The number of nitrogens with one attached hydrogen (secondary N) is 3. The maximum atomic E-state index is 13.5. The lowest BCUT2D eigenvalue weighted by molar-refractivity contribution is -0.312. The molecule has 2 aromatic rings. The molecule has 152 valence electrons. The van der Waals surface area contributed by atoms with E-state index in [-0.39, 0.29) is 11.4 Å². The van der Waals surface area contributed by atoms with E-state index in [1.807, 2.05) is 5.43 Å². The molecule has 0 aliphatic heterocycles. The van der Waals surface area contributed by atoms with Crippen LogP contribution in [0.2, 0.25) is 0 Å². The van der Waals surface area contributed by atoms with E-state index in [1.54, 1.807) is 0 Å². The first-order valence-electron chi connectivity index (χ1n) is 7.68. The van der Waals surface area contributed by atoms with Crippen molar-refractivity contribution in [2.45, 2.75) is 18.0 Å². The van der Waals surface area contributed by atoms with Crippen LogP contribution in [0.5, 0.6) is 5.75 Å². The largest absolute Gasteiger partial charge is 0.497 e. The van der Waals surface area contributed by atoms with Crippen molar-refractivity contribution in [2.75, 3.05) is 12.5 Å². The van der Waals surface area contributed by atoms with Gasteiger partial charge in [0.05, 0.1) is 7.11 Å². The minimum atomic E-state index is -5.92. The molecule has 0 aliphatic rings. The van der Waals surface area contributed by atoms with Gasteiger partial charge in [0, 0.05) is 11.3 Å². The lowest BCUT2D eigenvalue weighted by atomic mass is 10.1. The highest BCUT2D eigenvalue weighted by Crippen LogP contribution is 2.41. The van der Waals surface area contributed by atoms with Crippen LogP contribution in [-0.4, -0.2) is 31.0 Å². The van der Waals surface area contributed by atoms with Gasteiger partial charge in [-0.2, -0.15) is 31.8 Å². The molecule has 0 fully saturated rings. The van der Waals surface area contributed by atoms with E-state index in [9.17, 15) is 31.1 Å². The molecule has 2 rings (SSSR count). The summed E-state index contributed by atoms with van der Waals surface area (Å²) in [6, 6.07) is 11.4. The van der Waals surface area contributed by atoms with Crippen LogP contribution in [0.15, 0.2) is 54.6 Å². The fourth-order valence-electron chi connectivity index (χ4n) is 2.15. The van der Waals surface area contributed by atoms with Crippen LogP contribution in [0.1, 0.15) is 10.4 Å². The van der Waals surface area contributed by atoms with Crippen LogP contribution >= 0.6 is 0 Å². The third-order valence-corrected chi connectivity index (χ3v) is 3.67. The Morgan fingerprint density at radius 1 is 0.857 bits per heavy atom. The summed E-state index contributed by atoms with van der Waals surface area (Å²) in [7, 11) is 1.31. The van der Waals surface area contributed by atoms with Crippen molar-refractivity contribution in [3.8, 4) is 5.75 Å². The molecule has 0 spiro atoms. The first-order chi connectivity index (χ1) is 13.0. The minimum Gasteiger partial charge on any atom is -0.497 e. The molecule has 11 heteroatoms. The van der Waals surface area contributed by atoms with Crippen LogP contribution in [0.25, 0.3) is 0 Å². The van der Waals surface area contributed by atoms with E-state index >= 15 is 0 Å². The molecule has 0 bridgehead atoms. The second kappa shape index (κ2) is 7.97. The van der Waals surface area contributed by atoms with Crippen LogP contribution in [0.4, 0.5) is 32.0 Å². The number of alkyl halides is 6. The molecule has 0 unspecified atom stereocenters. The zero-order chi connectivity index (χ0) is 21.0. The van der Waals surface area contributed by atoms with Crippen molar-refractivity contribution in [1.82, 2.24) is 10.7 Å². The molecule has 28 heavy (non-hydrogen) atoms. The highest BCUT2D eigenvalue weighted by molar-refractivity contribution is 5.95. The Morgan fingerprint density at radius 3 is 1.86 bits per heavy atom. The number of benzene rings is 2. The average molecular weight is 407 g/mol. The summed E-state index contributed by atoms with van der Waals surface area (Å²) in [6.45, 7) is 0. The van der Waals surface area contributed by atoms with E-state index in [1.165, 1.54) is 55.0 Å². The molecular formula is C17H15F6N3O2. The van der Waals surface area contributed by atoms with Crippen LogP contribution in [0, 0.1) is 0 Å². The van der Waals surface area contributed by atoms with Gasteiger partial charge in [-0.3, -0.25) is 4.79 Å². The monoisotopic (exact) mass is 407 g/mol. The SMILES string of the molecule is COc1ccc(C(=O)NC(NNc2ccccc2)(C(F)(F)F)C(F)(F)F)cc1. The Balaban J connectivity index is 2.37. The molecule has 0 saturated carbocycles. The van der Waals surface area contributed by atoms with Crippen molar-refractivity contribution in [1.29, 1.82) is 0 Å². The number of amides is 1. The number of hydrazine groups is 1. The number of carbonyl (C=O) groups is 1. The highest BCUT2D eigenvalue weighted by atomic mass is 19.4. The first-order valence-corrected chi connectivity index (χ1v) is 7.68. The van der Waals surface area contributed by atoms with Crippen LogP contribution in [-0.2, 0) is 0 Å². The third-order valence-electron chi connectivity index (χ3n) is 3.67. The lowest BCUT2D eigenvalue weighted by Gasteiger charge is -2.38. The predicted molar refractivity (Wildman–Crippen MR) is 88.5 cm³/mol. The topological polar surface area (TPSA) is 62.4 Å². The fourth-order valence-corrected chi connectivity index (χ4v) is 2.15. The number of methoxy groups -OCH3 is 1. The number of carbonyl (C=O) groups excluding carboxylic acids is 1. The molecule has 0 saturated heterocycles. The molecule has 2 aromatic carbocycles. The van der Waals surface area contributed by atoms with Gasteiger partial charge in [0.2, 0.25) is 0 Å². The summed E-state index contributed by atoms with van der Waals surface area (Å²) in [6.07, 6.45) is -11.8. The van der Waals surface area contributed by atoms with Gasteiger partial charge < -0.3 is 15.5 Å². The Kier molecular flexibility index (Phi) is 6.07. The second-order valence-electron chi connectivity index (χ2n) is 5.54. The van der Waals surface area contributed by atoms with Gasteiger partial charge in [-0.05, 0) is 36.4 Å². The Hall–Kier alpha value is -2.95.